The fourth-order valence-electron chi connectivity index (χ4n) is 3.11. The lowest BCUT2D eigenvalue weighted by Gasteiger charge is -2.20. The van der Waals surface area contributed by atoms with Crippen molar-refractivity contribution in [1.82, 2.24) is 14.3 Å². The molecule has 0 saturated heterocycles. The first kappa shape index (κ1) is 25.0. The number of aryl methyl sites for hydroxylation is 1. The number of aliphatic hydroxyl groups is 1. The topological polar surface area (TPSA) is 98.4 Å². The molecule has 34 heavy (non-hydrogen) atoms. The number of nitrogens with one attached hydrogen (secondary N) is 1. The molecule has 0 fully saturated rings. The van der Waals surface area contributed by atoms with Gasteiger partial charge in [-0.1, -0.05) is 18.2 Å². The highest BCUT2D eigenvalue weighted by molar-refractivity contribution is 6.06. The van der Waals surface area contributed by atoms with Crippen molar-refractivity contribution in [2.75, 3.05) is 5.32 Å². The van der Waals surface area contributed by atoms with Crippen molar-refractivity contribution in [2.24, 2.45) is 7.05 Å². The van der Waals surface area contributed by atoms with Gasteiger partial charge >= 0.3 is 11.9 Å². The van der Waals surface area contributed by atoms with Crippen LogP contribution < -0.4 is 15.7 Å². The van der Waals surface area contributed by atoms with E-state index in [1.54, 1.807) is 31.2 Å². The summed E-state index contributed by atoms with van der Waals surface area (Å²) in [4.78, 5) is 25.4. The van der Waals surface area contributed by atoms with E-state index in [1.807, 2.05) is 0 Å². The van der Waals surface area contributed by atoms with Gasteiger partial charge in [-0.15, -0.1) is 5.10 Å². The third-order valence-electron chi connectivity index (χ3n) is 5.07. The van der Waals surface area contributed by atoms with Gasteiger partial charge in [0, 0.05) is 18.8 Å². The zero-order valence-electron chi connectivity index (χ0n) is 18.6. The monoisotopic (exact) mass is 482 g/mol. The fraction of sp³-hybridized carbons (Fsp3) is 0.318. The van der Waals surface area contributed by atoms with Crippen molar-refractivity contribution in [1.29, 1.82) is 0 Å². The quantitative estimate of drug-likeness (QED) is 0.523. The second-order valence-electron chi connectivity index (χ2n) is 7.66. The maximum atomic E-state index is 15.1. The van der Waals surface area contributed by atoms with E-state index < -0.39 is 52.8 Å². The normalized spacial score (nSPS) is 13.4. The predicted molar refractivity (Wildman–Crippen MR) is 115 cm³/mol. The number of hydrogen-bond acceptors (Lipinski definition) is 5. The van der Waals surface area contributed by atoms with Gasteiger partial charge in [-0.05, 0) is 38.5 Å². The summed E-state index contributed by atoms with van der Waals surface area (Å²) in [5.41, 5.74) is -0.884. The van der Waals surface area contributed by atoms with Crippen molar-refractivity contribution in [3.63, 3.8) is 0 Å². The lowest BCUT2D eigenvalue weighted by Crippen LogP contribution is -2.32. The number of ether oxygens (including phenoxy) is 1. The van der Waals surface area contributed by atoms with E-state index in [2.05, 4.69) is 10.4 Å². The van der Waals surface area contributed by atoms with Gasteiger partial charge in [0.15, 0.2) is 11.9 Å². The van der Waals surface area contributed by atoms with E-state index in [4.69, 9.17) is 4.74 Å². The number of aliphatic hydroxyl groups excluding tert-OH is 1. The van der Waals surface area contributed by atoms with E-state index in [0.29, 0.717) is 22.0 Å². The number of para-hydroxylation sites is 1. The van der Waals surface area contributed by atoms with Gasteiger partial charge in [-0.3, -0.25) is 9.36 Å². The summed E-state index contributed by atoms with van der Waals surface area (Å²) in [6.07, 6.45) is -8.30. The van der Waals surface area contributed by atoms with Crippen LogP contribution in [0.25, 0.3) is 5.69 Å². The molecule has 8 nitrogen and oxygen atoms in total. The Hall–Kier alpha value is -3.67. The Morgan fingerprint density at radius 2 is 1.85 bits per heavy atom. The first-order chi connectivity index (χ1) is 15.8. The molecule has 12 heteroatoms. The molecule has 3 rings (SSSR count). The minimum absolute atomic E-state index is 0.100. The molecule has 182 valence electrons. The Balaban J connectivity index is 2.14. The molecule has 2 aromatic carbocycles. The van der Waals surface area contributed by atoms with Crippen LogP contribution in [-0.2, 0) is 7.05 Å². The summed E-state index contributed by atoms with van der Waals surface area (Å²) in [5.74, 6) is -2.73. The van der Waals surface area contributed by atoms with Gasteiger partial charge < -0.3 is 15.2 Å². The summed E-state index contributed by atoms with van der Waals surface area (Å²) >= 11 is 0. The lowest BCUT2D eigenvalue weighted by atomic mass is 10.1. The van der Waals surface area contributed by atoms with Gasteiger partial charge in [0.2, 0.25) is 0 Å². The van der Waals surface area contributed by atoms with Crippen LogP contribution in [0.3, 0.4) is 0 Å². The standard InChI is InChI=1S/C22H22F4N4O4/c1-11-7-5-6-8-16(11)27-20(32)14-9-15(23)17(10-18(14)34-13(3)22(24,25)26)30-21(33)29(4)19(28-30)12(2)31/h5-10,12-13,31H,1-4H3,(H,27,32)/t12?,13-/m0/s1. The molecule has 0 bridgehead atoms. The van der Waals surface area contributed by atoms with E-state index >= 15 is 4.39 Å². The molecule has 3 aromatic rings. The highest BCUT2D eigenvalue weighted by Gasteiger charge is 2.39. The van der Waals surface area contributed by atoms with Crippen molar-refractivity contribution < 1.29 is 32.2 Å². The summed E-state index contributed by atoms with van der Waals surface area (Å²) in [5, 5.41) is 16.1. The smallest absolute Gasteiger partial charge is 0.425 e. The number of hydrogen-bond donors (Lipinski definition) is 2. The first-order valence-electron chi connectivity index (χ1n) is 10.1. The van der Waals surface area contributed by atoms with Crippen molar-refractivity contribution >= 4 is 11.6 Å². The number of alkyl halides is 3. The number of halogens is 4. The molecule has 0 aliphatic carbocycles. The summed E-state index contributed by atoms with van der Waals surface area (Å²) in [6.45, 7) is 3.77. The molecule has 0 aliphatic rings. The van der Waals surface area contributed by atoms with Crippen LogP contribution in [0.1, 0.15) is 41.7 Å². The Labute approximate surface area is 191 Å². The van der Waals surface area contributed by atoms with E-state index in [-0.39, 0.29) is 5.82 Å². The highest BCUT2D eigenvalue weighted by Crippen LogP contribution is 2.31. The molecular formula is C22H22F4N4O4. The molecule has 2 N–H and O–H groups in total. The van der Waals surface area contributed by atoms with Gasteiger partial charge in [0.05, 0.1) is 5.56 Å². The molecule has 1 aromatic heterocycles. The Kier molecular flexibility index (Phi) is 6.82. The minimum Gasteiger partial charge on any atom is -0.480 e. The SMILES string of the molecule is Cc1ccccc1NC(=O)c1cc(F)c(-n2nc(C(C)O)n(C)c2=O)cc1O[C@@H](C)C(F)(F)F. The number of benzene rings is 2. The molecule has 0 saturated carbocycles. The number of amides is 1. The van der Waals surface area contributed by atoms with Crippen LogP contribution in [0.2, 0.25) is 0 Å². The first-order valence-corrected chi connectivity index (χ1v) is 10.1. The number of aromatic nitrogens is 3. The summed E-state index contributed by atoms with van der Waals surface area (Å²) in [7, 11) is 1.29. The molecule has 1 heterocycles. The van der Waals surface area contributed by atoms with Crippen LogP contribution in [0.15, 0.2) is 41.2 Å². The highest BCUT2D eigenvalue weighted by atomic mass is 19.4. The molecule has 0 spiro atoms. The predicted octanol–water partition coefficient (Wildman–Crippen LogP) is 3.65. The summed E-state index contributed by atoms with van der Waals surface area (Å²) in [6, 6.07) is 8.11. The molecule has 1 amide bonds. The molecule has 1 unspecified atom stereocenters. The Bertz CT molecular complexity index is 1280. The van der Waals surface area contributed by atoms with E-state index in [9.17, 15) is 27.9 Å². The lowest BCUT2D eigenvalue weighted by molar-refractivity contribution is -0.189. The average molecular weight is 482 g/mol. The molecule has 0 aliphatic heterocycles. The third-order valence-corrected chi connectivity index (χ3v) is 5.07. The second-order valence-corrected chi connectivity index (χ2v) is 7.66. The molecular weight excluding hydrogens is 460 g/mol. The van der Waals surface area contributed by atoms with E-state index in [1.165, 1.54) is 14.0 Å². The maximum Gasteiger partial charge on any atom is 0.425 e. The molecule has 2 atom stereocenters. The minimum atomic E-state index is -4.78. The van der Waals surface area contributed by atoms with Crippen LogP contribution in [0, 0.1) is 12.7 Å². The van der Waals surface area contributed by atoms with Gasteiger partial charge in [-0.25, -0.2) is 9.18 Å². The zero-order chi connectivity index (χ0) is 25.4. The van der Waals surface area contributed by atoms with Crippen LogP contribution in [-0.4, -0.2) is 37.6 Å². The van der Waals surface area contributed by atoms with Gasteiger partial charge in [0.1, 0.15) is 23.4 Å². The Morgan fingerprint density at radius 3 is 2.41 bits per heavy atom. The number of carbonyl (C=O) groups excluding carboxylic acids is 1. The van der Waals surface area contributed by atoms with Crippen LogP contribution >= 0.6 is 0 Å². The zero-order valence-corrected chi connectivity index (χ0v) is 18.6. The van der Waals surface area contributed by atoms with Crippen molar-refractivity contribution in [2.45, 2.75) is 39.2 Å². The number of rotatable bonds is 6. The van der Waals surface area contributed by atoms with Crippen molar-refractivity contribution in [3.8, 4) is 11.4 Å². The van der Waals surface area contributed by atoms with Crippen LogP contribution in [0.4, 0.5) is 23.2 Å². The fourth-order valence-corrected chi connectivity index (χ4v) is 3.11. The number of carbonyl (C=O) groups is 1. The maximum absolute atomic E-state index is 15.1. The van der Waals surface area contributed by atoms with Gasteiger partial charge in [-0.2, -0.15) is 17.9 Å². The van der Waals surface area contributed by atoms with Crippen molar-refractivity contribution in [3.05, 3.63) is 69.7 Å². The number of nitrogens with zero attached hydrogens (tertiary/aromatic N) is 3. The summed E-state index contributed by atoms with van der Waals surface area (Å²) < 4.78 is 61.1. The Morgan fingerprint density at radius 1 is 1.21 bits per heavy atom. The van der Waals surface area contributed by atoms with Gasteiger partial charge in [0.25, 0.3) is 5.91 Å². The molecule has 0 radical (unpaired) electrons. The third kappa shape index (κ3) is 4.96. The van der Waals surface area contributed by atoms with Crippen LogP contribution in [0.5, 0.6) is 5.75 Å². The number of anilines is 1. The largest absolute Gasteiger partial charge is 0.480 e. The average Bonchev–Trinajstić information content (AvgIpc) is 3.04. The van der Waals surface area contributed by atoms with E-state index in [0.717, 1.165) is 17.6 Å². The second kappa shape index (κ2) is 9.29.